The fourth-order valence-electron chi connectivity index (χ4n) is 4.54. The first kappa shape index (κ1) is 28.4. The second-order valence-corrected chi connectivity index (χ2v) is 14.3. The molecular weight excluding hydrogens is 542 g/mol. The fraction of sp³-hybridized carbons (Fsp3) is 0.250. The summed E-state index contributed by atoms with van der Waals surface area (Å²) in [4.78, 5) is 0. The van der Waals surface area contributed by atoms with Gasteiger partial charge in [-0.2, -0.15) is 0 Å². The zero-order valence-corrected chi connectivity index (χ0v) is 24.2. The van der Waals surface area contributed by atoms with Crippen molar-refractivity contribution in [1.82, 2.24) is 0 Å². The number of rotatable bonds is 2. The molecule has 0 saturated carbocycles. The Bertz CT molecular complexity index is 1370. The normalized spacial score (nSPS) is 22.8. The third-order valence-electron chi connectivity index (χ3n) is 6.73. The molecule has 208 valence electrons. The Morgan fingerprint density at radius 2 is 0.800 bits per heavy atom. The van der Waals surface area contributed by atoms with Gasteiger partial charge in [-0.3, -0.25) is 4.57 Å². The lowest BCUT2D eigenvalue weighted by Gasteiger charge is -2.21. The third kappa shape index (κ3) is 6.77. The highest BCUT2D eigenvalue weighted by Crippen LogP contribution is 2.47. The Kier molecular flexibility index (Phi) is 9.57. The highest BCUT2D eigenvalue weighted by Gasteiger charge is 2.30. The molecule has 40 heavy (non-hydrogen) atoms. The minimum absolute atomic E-state index is 0.299. The van der Waals surface area contributed by atoms with E-state index in [0.29, 0.717) is 56.1 Å². The van der Waals surface area contributed by atoms with E-state index in [1.807, 2.05) is 97.1 Å². The van der Waals surface area contributed by atoms with E-state index in [9.17, 15) is 9.13 Å². The maximum Gasteiger partial charge on any atom is 0.361 e. The van der Waals surface area contributed by atoms with Gasteiger partial charge in [0, 0.05) is 15.9 Å². The lowest BCUT2D eigenvalue weighted by Crippen LogP contribution is -2.25. The maximum absolute atomic E-state index is 14.7. The largest absolute Gasteiger partial charge is 0.494 e. The molecule has 0 fully saturated rings. The lowest BCUT2D eigenvalue weighted by atomic mass is 10.3. The van der Waals surface area contributed by atoms with Gasteiger partial charge in [0.25, 0.3) is 0 Å². The summed E-state index contributed by atoms with van der Waals surface area (Å²) in [5.74, 6) is 1.40. The first-order valence-corrected chi connectivity index (χ1v) is 16.9. The predicted octanol–water partition coefficient (Wildman–Crippen LogP) is 6.21. The van der Waals surface area contributed by atoms with Crippen molar-refractivity contribution in [3.8, 4) is 11.5 Å². The van der Waals surface area contributed by atoms with Gasteiger partial charge in [-0.15, -0.1) is 0 Å². The number of hydrogen-bond acceptors (Lipinski definition) is 6. The smallest absolute Gasteiger partial charge is 0.361 e. The molecule has 0 atom stereocenters. The van der Waals surface area contributed by atoms with Crippen LogP contribution in [0.2, 0.25) is 0 Å². The summed E-state index contributed by atoms with van der Waals surface area (Å²) in [6.45, 7) is 1.56. The molecule has 3 aliphatic rings. The molecule has 0 saturated heterocycles. The molecule has 4 aromatic carbocycles. The molecule has 6 nitrogen and oxygen atoms in total. The van der Waals surface area contributed by atoms with Crippen LogP contribution in [0.1, 0.15) is 25.7 Å². The van der Waals surface area contributed by atoms with Gasteiger partial charge in [0.15, 0.2) is 7.14 Å². The quantitative estimate of drug-likeness (QED) is 0.265. The van der Waals surface area contributed by atoms with Gasteiger partial charge in [0.2, 0.25) is 0 Å². The van der Waals surface area contributed by atoms with Crippen LogP contribution in [0.25, 0.3) is 0 Å². The topological polar surface area (TPSA) is 71.1 Å². The number of fused-ring (bicyclic) bond motifs is 2. The van der Waals surface area contributed by atoms with Crippen molar-refractivity contribution in [3.63, 3.8) is 0 Å². The zero-order chi connectivity index (χ0) is 27.7. The SMILES string of the molecule is O=P1(c2ccccc2)OCCCCOc2ccc(cc2)P(=O)(c2ccccc2)c2ccc(cc2)OCCCCO1. The molecule has 3 heterocycles. The summed E-state index contributed by atoms with van der Waals surface area (Å²) in [5, 5.41) is 2.82. The molecule has 0 N–H and O–H groups in total. The van der Waals surface area contributed by atoms with Crippen LogP contribution in [0.3, 0.4) is 0 Å². The summed E-state index contributed by atoms with van der Waals surface area (Å²) >= 11 is 0. The van der Waals surface area contributed by atoms with Crippen molar-refractivity contribution < 1.29 is 27.7 Å². The molecule has 4 bridgehead atoms. The second-order valence-electron chi connectivity index (χ2n) is 9.54. The highest BCUT2D eigenvalue weighted by atomic mass is 31.2. The Morgan fingerprint density at radius 3 is 1.25 bits per heavy atom. The monoisotopic (exact) mass is 576 g/mol. The molecule has 0 unspecified atom stereocenters. The van der Waals surface area contributed by atoms with Crippen LogP contribution in [-0.2, 0) is 18.2 Å². The van der Waals surface area contributed by atoms with Crippen molar-refractivity contribution in [2.45, 2.75) is 25.7 Å². The molecule has 3 aliphatic heterocycles. The van der Waals surface area contributed by atoms with Crippen molar-refractivity contribution in [2.24, 2.45) is 0 Å². The molecule has 4 aromatic rings. The number of benzene rings is 4. The summed E-state index contributed by atoms with van der Waals surface area (Å²) in [5.41, 5.74) is 0. The Hall–Kier alpha value is -3.14. The van der Waals surface area contributed by atoms with Crippen molar-refractivity contribution >= 4 is 36.0 Å². The van der Waals surface area contributed by atoms with Crippen LogP contribution >= 0.6 is 14.7 Å². The Balaban J connectivity index is 1.37. The van der Waals surface area contributed by atoms with Crippen molar-refractivity contribution in [3.05, 3.63) is 109 Å². The first-order valence-electron chi connectivity index (χ1n) is 13.7. The summed E-state index contributed by atoms with van der Waals surface area (Å²) in [6, 6.07) is 33.7. The van der Waals surface area contributed by atoms with E-state index in [1.165, 1.54) is 0 Å². The molecule has 0 spiro atoms. The minimum Gasteiger partial charge on any atom is -0.494 e. The van der Waals surface area contributed by atoms with Gasteiger partial charge in [0.1, 0.15) is 11.5 Å². The Morgan fingerprint density at radius 1 is 0.425 bits per heavy atom. The minimum atomic E-state index is -3.43. The number of hydrogen-bond donors (Lipinski definition) is 0. The molecular formula is C32H34O6P2. The van der Waals surface area contributed by atoms with Crippen LogP contribution in [0, 0.1) is 0 Å². The van der Waals surface area contributed by atoms with E-state index < -0.39 is 14.7 Å². The summed E-state index contributed by atoms with van der Waals surface area (Å²) in [6.07, 6.45) is 2.79. The molecule has 0 amide bonds. The van der Waals surface area contributed by atoms with Crippen LogP contribution < -0.4 is 30.7 Å². The Labute approximate surface area is 236 Å². The maximum atomic E-state index is 14.7. The zero-order valence-electron chi connectivity index (χ0n) is 22.4. The first-order chi connectivity index (χ1) is 19.6. The van der Waals surface area contributed by atoms with Gasteiger partial charge in [-0.05, 0) is 86.3 Å². The molecule has 0 aromatic heterocycles. The van der Waals surface area contributed by atoms with E-state index in [0.717, 1.165) is 28.8 Å². The predicted molar refractivity (Wildman–Crippen MR) is 161 cm³/mol. The van der Waals surface area contributed by atoms with Crippen molar-refractivity contribution in [2.75, 3.05) is 26.4 Å². The van der Waals surface area contributed by atoms with Crippen LogP contribution in [0.4, 0.5) is 0 Å². The number of ether oxygens (including phenoxy) is 2. The highest BCUT2D eigenvalue weighted by molar-refractivity contribution is 7.85. The van der Waals surface area contributed by atoms with E-state index in [4.69, 9.17) is 18.5 Å². The van der Waals surface area contributed by atoms with Gasteiger partial charge in [-0.1, -0.05) is 48.5 Å². The standard InChI is InChI=1S/C32H34O6P2/c33-39(29-11-3-1-4-12-29)30-19-15-27(16-20-30)35-23-7-9-25-37-40(34,32-13-5-2-6-14-32)38-26-10-8-24-36-28-17-21-31(39)22-18-28/h1-6,11-22H,7-10,23-26H2. The lowest BCUT2D eigenvalue weighted by molar-refractivity contribution is 0.197. The van der Waals surface area contributed by atoms with Crippen molar-refractivity contribution in [1.29, 1.82) is 0 Å². The summed E-state index contributed by atoms with van der Waals surface area (Å²) in [7, 11) is -6.52. The van der Waals surface area contributed by atoms with Gasteiger partial charge in [-0.25, -0.2) is 0 Å². The molecule has 0 radical (unpaired) electrons. The van der Waals surface area contributed by atoms with Gasteiger partial charge < -0.3 is 23.1 Å². The van der Waals surface area contributed by atoms with Gasteiger partial charge >= 0.3 is 7.60 Å². The second kappa shape index (κ2) is 13.5. The molecule has 7 rings (SSSR count). The summed E-state index contributed by atoms with van der Waals surface area (Å²) < 4.78 is 51.9. The average molecular weight is 577 g/mol. The molecule has 8 heteroatoms. The van der Waals surface area contributed by atoms with Crippen LogP contribution in [-0.4, -0.2) is 26.4 Å². The fourth-order valence-corrected chi connectivity index (χ4v) is 8.82. The van der Waals surface area contributed by atoms with Gasteiger partial charge in [0.05, 0.1) is 31.7 Å². The van der Waals surface area contributed by atoms with E-state index in [-0.39, 0.29) is 0 Å². The van der Waals surface area contributed by atoms with Crippen LogP contribution in [0.5, 0.6) is 11.5 Å². The van der Waals surface area contributed by atoms with Crippen LogP contribution in [0.15, 0.2) is 109 Å². The van der Waals surface area contributed by atoms with E-state index in [2.05, 4.69) is 0 Å². The third-order valence-corrected chi connectivity index (χ3v) is 11.8. The van der Waals surface area contributed by atoms with E-state index in [1.54, 1.807) is 12.1 Å². The van der Waals surface area contributed by atoms with E-state index >= 15 is 0 Å². The molecule has 0 aliphatic carbocycles. The average Bonchev–Trinajstić information content (AvgIpc) is 3.01.